The fourth-order valence-electron chi connectivity index (χ4n) is 4.23. The molecule has 3 heterocycles. The van der Waals surface area contributed by atoms with Crippen LogP contribution < -0.4 is 5.32 Å². The van der Waals surface area contributed by atoms with Gasteiger partial charge in [-0.3, -0.25) is 13.7 Å². The van der Waals surface area contributed by atoms with Gasteiger partial charge in [0.15, 0.2) is 23.2 Å². The van der Waals surface area contributed by atoms with Crippen molar-refractivity contribution < 1.29 is 62.4 Å². The largest absolute Gasteiger partial charge is 0.388 e. The van der Waals surface area contributed by atoms with Crippen LogP contribution in [0.5, 0.6) is 0 Å². The van der Waals surface area contributed by atoms with Crippen LogP contribution in [0, 0.1) is 0 Å². The van der Waals surface area contributed by atoms with Crippen LogP contribution in [0.25, 0.3) is 11.2 Å². The van der Waals surface area contributed by atoms with Crippen molar-refractivity contribution in [3.8, 4) is 0 Å². The number of methoxy groups -OCH3 is 1. The molecule has 21 heteroatoms. The summed E-state index contributed by atoms with van der Waals surface area (Å²) in [7, 11) is -7.32. The van der Waals surface area contributed by atoms with E-state index in [4.69, 9.17) is 49.8 Å². The van der Waals surface area contributed by atoms with Crippen LogP contribution in [0.15, 0.2) is 6.33 Å². The molecule has 1 aliphatic heterocycles. The maximum Gasteiger partial charge on any atom is 0.335 e. The van der Waals surface area contributed by atoms with E-state index in [0.717, 1.165) is 0 Å². The molecule has 2 aromatic heterocycles. The van der Waals surface area contributed by atoms with Crippen molar-refractivity contribution in [1.29, 1.82) is 0 Å². The second-order valence-corrected chi connectivity index (χ2v) is 14.7. The highest BCUT2D eigenvalue weighted by Gasteiger charge is 2.45. The Kier molecular flexibility index (Phi) is 15.3. The smallest absolute Gasteiger partial charge is 0.335 e. The molecule has 3 rings (SSSR count). The number of aliphatic hydroxyl groups excluding tert-OH is 2. The number of ether oxygens (including phenoxy) is 6. The van der Waals surface area contributed by atoms with Crippen molar-refractivity contribution in [3.63, 3.8) is 0 Å². The van der Waals surface area contributed by atoms with Gasteiger partial charge < -0.3 is 58.6 Å². The molecular weight excluding hydrogens is 652 g/mol. The molecule has 252 valence electrons. The molecule has 1 aliphatic rings. The van der Waals surface area contributed by atoms with Crippen molar-refractivity contribution in [2.24, 2.45) is 0 Å². The van der Waals surface area contributed by atoms with Crippen molar-refractivity contribution in [2.75, 3.05) is 90.5 Å². The predicted octanol–water partition coefficient (Wildman–Crippen LogP) is 0.0193. The summed E-state index contributed by atoms with van der Waals surface area (Å²) < 4.78 is 57.0. The lowest BCUT2D eigenvalue weighted by Gasteiger charge is -2.18. The van der Waals surface area contributed by atoms with E-state index in [9.17, 15) is 24.2 Å². The number of aromatic nitrogens is 4. The average molecular weight is 692 g/mol. The van der Waals surface area contributed by atoms with E-state index in [1.165, 1.54) is 10.9 Å². The molecule has 0 bridgehead atoms. The number of hydrogen-bond acceptors (Lipinski definition) is 14. The summed E-state index contributed by atoms with van der Waals surface area (Å²) in [6.45, 7) is 4.32. The highest BCUT2D eigenvalue weighted by molar-refractivity contribution is 7.72. The van der Waals surface area contributed by atoms with Crippen molar-refractivity contribution >= 4 is 43.5 Å². The van der Waals surface area contributed by atoms with Gasteiger partial charge in [-0.1, -0.05) is 0 Å². The number of anilines is 1. The number of rotatable bonds is 22. The van der Waals surface area contributed by atoms with Gasteiger partial charge in [-0.2, -0.15) is 9.97 Å². The summed E-state index contributed by atoms with van der Waals surface area (Å²) in [6, 6.07) is 0. The SMILES string of the molecule is COCCOCCOCCOCCOCCNc1nc(Cl)nc2c1ncn2[C@@H]1O[C@H](CCP(=O)(O)CP(=O)(O)O)[C@H](O)C1O. The predicted molar refractivity (Wildman–Crippen MR) is 156 cm³/mol. The van der Waals surface area contributed by atoms with Gasteiger partial charge in [-0.05, 0) is 18.0 Å². The highest BCUT2D eigenvalue weighted by Crippen LogP contribution is 2.55. The third-order valence-electron chi connectivity index (χ3n) is 6.26. The van der Waals surface area contributed by atoms with Gasteiger partial charge >= 0.3 is 7.60 Å². The summed E-state index contributed by atoms with van der Waals surface area (Å²) in [5.74, 6) is -0.891. The molecule has 2 aromatic rings. The van der Waals surface area contributed by atoms with Gasteiger partial charge in [-0.15, -0.1) is 0 Å². The zero-order valence-electron chi connectivity index (χ0n) is 24.1. The van der Waals surface area contributed by atoms with Gasteiger partial charge in [0, 0.05) is 19.8 Å². The molecule has 0 aromatic carbocycles. The third-order valence-corrected chi connectivity index (χ3v) is 10.6. The standard InChI is InChI=1S/C23H40ClN5O13P2/c1-37-5-6-39-9-10-41-12-11-40-8-7-38-4-3-25-20-17-21(28-23(24)27-20)29(14-26-17)22-19(31)18(30)16(42-22)2-13-43(32,33)15-44(34,35)36/h14,16,18-19,22,30-31H,2-13,15H2,1H3,(H,32,33)(H,25,27,28)(H2,34,35,36)/t16-,18+,19?,22-/m1/s1. The van der Waals surface area contributed by atoms with Crippen LogP contribution in [0.4, 0.5) is 5.82 Å². The van der Waals surface area contributed by atoms with Crippen LogP contribution in [-0.2, 0) is 37.6 Å². The lowest BCUT2D eigenvalue weighted by atomic mass is 10.1. The van der Waals surface area contributed by atoms with Crippen LogP contribution in [0.3, 0.4) is 0 Å². The molecule has 2 unspecified atom stereocenters. The lowest BCUT2D eigenvalue weighted by molar-refractivity contribution is -0.0354. The Morgan fingerprint density at radius 1 is 0.932 bits per heavy atom. The number of nitrogens with one attached hydrogen (secondary N) is 1. The van der Waals surface area contributed by atoms with Crippen molar-refractivity contribution in [2.45, 2.75) is 31.0 Å². The number of aliphatic hydroxyl groups is 2. The summed E-state index contributed by atoms with van der Waals surface area (Å²) in [6.07, 6.45) is -4.64. The van der Waals surface area contributed by atoms with Gasteiger partial charge in [0.2, 0.25) is 12.7 Å². The first-order valence-corrected chi connectivity index (χ1v) is 17.9. The molecule has 44 heavy (non-hydrogen) atoms. The molecule has 1 saturated heterocycles. The molecule has 1 fully saturated rings. The van der Waals surface area contributed by atoms with Gasteiger partial charge in [0.1, 0.15) is 18.1 Å². The summed E-state index contributed by atoms with van der Waals surface area (Å²) in [4.78, 5) is 40.6. The second kappa shape index (κ2) is 18.1. The number of halogens is 1. The quantitative estimate of drug-likeness (QED) is 0.0541. The maximum atomic E-state index is 12.2. The molecule has 0 radical (unpaired) electrons. The normalized spacial score (nSPS) is 22.1. The number of hydrogen-bond donors (Lipinski definition) is 6. The fraction of sp³-hybridized carbons (Fsp3) is 0.783. The first kappa shape index (κ1) is 37.1. The molecule has 0 aliphatic carbocycles. The zero-order chi connectivity index (χ0) is 32.2. The van der Waals surface area contributed by atoms with Gasteiger partial charge in [0.25, 0.3) is 0 Å². The Morgan fingerprint density at radius 3 is 2.11 bits per heavy atom. The molecule has 0 spiro atoms. The molecular formula is C23H40ClN5O13P2. The van der Waals surface area contributed by atoms with E-state index < -0.39 is 51.6 Å². The minimum Gasteiger partial charge on any atom is -0.388 e. The molecule has 0 amide bonds. The lowest BCUT2D eigenvalue weighted by Crippen LogP contribution is -2.32. The van der Waals surface area contributed by atoms with Crippen molar-refractivity contribution in [3.05, 3.63) is 11.6 Å². The van der Waals surface area contributed by atoms with Gasteiger partial charge in [0.05, 0.1) is 71.9 Å². The van der Waals surface area contributed by atoms with Crippen LogP contribution in [0.1, 0.15) is 12.6 Å². The minimum absolute atomic E-state index is 0.122. The Bertz CT molecular complexity index is 1250. The summed E-state index contributed by atoms with van der Waals surface area (Å²) >= 11 is 6.13. The van der Waals surface area contributed by atoms with Gasteiger partial charge in [-0.25, -0.2) is 4.98 Å². The van der Waals surface area contributed by atoms with E-state index in [1.807, 2.05) is 0 Å². The van der Waals surface area contributed by atoms with Crippen LogP contribution >= 0.6 is 26.6 Å². The average Bonchev–Trinajstić information content (AvgIpc) is 3.48. The molecule has 5 atom stereocenters. The Labute approximate surface area is 258 Å². The first-order valence-electron chi connectivity index (χ1n) is 13.7. The zero-order valence-corrected chi connectivity index (χ0v) is 26.7. The Hall–Kier alpha value is -1.34. The number of nitrogens with zero attached hydrogens (tertiary/aromatic N) is 4. The Balaban J connectivity index is 1.43. The van der Waals surface area contributed by atoms with E-state index >= 15 is 0 Å². The second-order valence-electron chi connectivity index (χ2n) is 9.75. The van der Waals surface area contributed by atoms with E-state index in [-0.39, 0.29) is 17.4 Å². The topological polar surface area (TPSA) is 246 Å². The van der Waals surface area contributed by atoms with Crippen LogP contribution in [-0.4, -0.2) is 148 Å². The fourth-order valence-corrected chi connectivity index (χ4v) is 7.92. The first-order chi connectivity index (χ1) is 20.9. The maximum absolute atomic E-state index is 12.2. The summed E-state index contributed by atoms with van der Waals surface area (Å²) in [5.41, 5.74) is 0.494. The Morgan fingerprint density at radius 2 is 1.52 bits per heavy atom. The summed E-state index contributed by atoms with van der Waals surface area (Å²) in [5, 5.41) is 24.1. The van der Waals surface area contributed by atoms with E-state index in [1.54, 1.807) is 7.11 Å². The monoisotopic (exact) mass is 691 g/mol. The number of fused-ring (bicyclic) bond motifs is 1. The third kappa shape index (κ3) is 12.1. The van der Waals surface area contributed by atoms with Crippen LogP contribution in [0.2, 0.25) is 5.28 Å². The van der Waals surface area contributed by atoms with E-state index in [2.05, 4.69) is 20.3 Å². The molecule has 0 saturated carbocycles. The molecule has 18 nitrogen and oxygen atoms in total. The van der Waals surface area contributed by atoms with E-state index in [0.29, 0.717) is 77.3 Å². The van der Waals surface area contributed by atoms with Crippen molar-refractivity contribution in [1.82, 2.24) is 19.5 Å². The molecule has 6 N–H and O–H groups in total. The number of imidazole rings is 1. The minimum atomic E-state index is -4.72. The highest BCUT2D eigenvalue weighted by atomic mass is 35.5.